The number of esters is 1. The fourth-order valence-electron chi connectivity index (χ4n) is 2.74. The van der Waals surface area contributed by atoms with E-state index in [0.29, 0.717) is 12.5 Å². The molecule has 0 N–H and O–H groups in total. The van der Waals surface area contributed by atoms with Crippen LogP contribution in [0, 0.1) is 5.92 Å². The maximum absolute atomic E-state index is 11.4. The lowest BCUT2D eigenvalue weighted by molar-refractivity contribution is -0.151. The highest BCUT2D eigenvalue weighted by Gasteiger charge is 2.60. The van der Waals surface area contributed by atoms with Gasteiger partial charge in [-0.2, -0.15) is 0 Å². The van der Waals surface area contributed by atoms with Gasteiger partial charge in [-0.15, -0.1) is 0 Å². The van der Waals surface area contributed by atoms with E-state index < -0.39 is 5.97 Å². The van der Waals surface area contributed by atoms with Gasteiger partial charge in [0, 0.05) is 5.92 Å². The lowest BCUT2D eigenvalue weighted by Crippen LogP contribution is -2.40. The highest BCUT2D eigenvalue weighted by Crippen LogP contribution is 2.46. The molecule has 16 heavy (non-hydrogen) atoms. The van der Waals surface area contributed by atoms with E-state index >= 15 is 0 Å². The van der Waals surface area contributed by atoms with Crippen LogP contribution in [0.3, 0.4) is 0 Å². The number of ether oxygens (including phenoxy) is 3. The van der Waals surface area contributed by atoms with Gasteiger partial charge >= 0.3 is 5.97 Å². The van der Waals surface area contributed by atoms with Gasteiger partial charge in [-0.05, 0) is 13.3 Å². The van der Waals surface area contributed by atoms with Crippen molar-refractivity contribution in [3.8, 4) is 0 Å². The summed E-state index contributed by atoms with van der Waals surface area (Å²) in [5.41, 5.74) is -0.0441. The van der Waals surface area contributed by atoms with Crippen molar-refractivity contribution in [2.75, 3.05) is 6.61 Å². The molecule has 0 aliphatic carbocycles. The third kappa shape index (κ3) is 1.26. The number of rotatable bonds is 2. The molecule has 0 radical (unpaired) electrons. The molecule has 0 spiro atoms. The monoisotopic (exact) mass is 224 g/mol. The molecular weight excluding hydrogens is 212 g/mol. The molecule has 0 aromatic carbocycles. The van der Waals surface area contributed by atoms with Crippen molar-refractivity contribution in [2.45, 2.75) is 37.8 Å². The summed E-state index contributed by atoms with van der Waals surface area (Å²) >= 11 is 0. The Bertz CT molecular complexity index is 382. The predicted octanol–water partition coefficient (Wildman–Crippen LogP) is -0.138. The fraction of sp³-hybridized carbons (Fsp3) is 0.727. The smallest absolute Gasteiger partial charge is 0.345 e. The van der Waals surface area contributed by atoms with Crippen LogP contribution < -0.4 is 0 Å². The minimum Gasteiger partial charge on any atom is -0.453 e. The molecule has 3 rings (SSSR count). The zero-order valence-corrected chi connectivity index (χ0v) is 8.84. The van der Waals surface area contributed by atoms with Gasteiger partial charge in [0.15, 0.2) is 6.10 Å². The second kappa shape index (κ2) is 3.42. The van der Waals surface area contributed by atoms with E-state index in [9.17, 15) is 9.59 Å². The van der Waals surface area contributed by atoms with Gasteiger partial charge in [0.05, 0.1) is 18.8 Å². The van der Waals surface area contributed by atoms with Gasteiger partial charge in [0.25, 0.3) is 0 Å². The summed E-state index contributed by atoms with van der Waals surface area (Å²) in [6.45, 7) is 2.07. The largest absolute Gasteiger partial charge is 0.453 e. The SMILES string of the molecule is CC(=C=O)C(=O)OC1C2CC3COC1C3O2. The Morgan fingerprint density at radius 3 is 3.00 bits per heavy atom. The molecule has 5 unspecified atom stereocenters. The zero-order valence-electron chi connectivity index (χ0n) is 8.84. The molecule has 3 heterocycles. The summed E-state index contributed by atoms with van der Waals surface area (Å²) in [5, 5.41) is 0. The van der Waals surface area contributed by atoms with Crippen LogP contribution in [-0.4, -0.2) is 42.9 Å². The average Bonchev–Trinajstić information content (AvgIpc) is 2.88. The Balaban J connectivity index is 1.73. The van der Waals surface area contributed by atoms with Crippen LogP contribution in [0.4, 0.5) is 0 Å². The lowest BCUT2D eigenvalue weighted by Gasteiger charge is -2.22. The molecule has 5 nitrogen and oxygen atoms in total. The first-order valence-corrected chi connectivity index (χ1v) is 5.40. The van der Waals surface area contributed by atoms with Gasteiger partial charge in [-0.3, -0.25) is 0 Å². The summed E-state index contributed by atoms with van der Waals surface area (Å²) < 4.78 is 16.5. The molecule has 5 heteroatoms. The van der Waals surface area contributed by atoms with E-state index in [1.807, 2.05) is 0 Å². The fourth-order valence-corrected chi connectivity index (χ4v) is 2.74. The number of carbonyl (C=O) groups is 1. The maximum atomic E-state index is 11.4. The highest BCUT2D eigenvalue weighted by atomic mass is 16.6. The first kappa shape index (κ1) is 10.0. The van der Waals surface area contributed by atoms with E-state index in [1.165, 1.54) is 12.9 Å². The molecule has 0 aromatic rings. The summed E-state index contributed by atoms with van der Waals surface area (Å²) in [4.78, 5) is 21.8. The van der Waals surface area contributed by atoms with Gasteiger partial charge in [0.2, 0.25) is 0 Å². The van der Waals surface area contributed by atoms with Crippen molar-refractivity contribution in [3.05, 3.63) is 5.57 Å². The van der Waals surface area contributed by atoms with Crippen LogP contribution in [0.2, 0.25) is 0 Å². The minimum absolute atomic E-state index is 0.0441. The number of hydrogen-bond donors (Lipinski definition) is 0. The molecule has 0 aromatic heterocycles. The molecule has 3 saturated heterocycles. The van der Waals surface area contributed by atoms with Crippen molar-refractivity contribution in [1.29, 1.82) is 0 Å². The highest BCUT2D eigenvalue weighted by molar-refractivity contribution is 5.96. The third-order valence-corrected chi connectivity index (χ3v) is 3.55. The van der Waals surface area contributed by atoms with Gasteiger partial charge in [-0.25, -0.2) is 9.59 Å². The molecular formula is C11H12O5. The summed E-state index contributed by atoms with van der Waals surface area (Å²) in [6.07, 6.45) is 0.379. The Morgan fingerprint density at radius 2 is 2.25 bits per heavy atom. The van der Waals surface area contributed by atoms with Gasteiger partial charge in [-0.1, -0.05) is 0 Å². The van der Waals surface area contributed by atoms with Gasteiger partial charge in [0.1, 0.15) is 17.6 Å². The third-order valence-electron chi connectivity index (χ3n) is 3.55. The van der Waals surface area contributed by atoms with Crippen LogP contribution in [0.1, 0.15) is 13.3 Å². The lowest BCUT2D eigenvalue weighted by atomic mass is 9.88. The van der Waals surface area contributed by atoms with Crippen LogP contribution in [0.25, 0.3) is 0 Å². The maximum Gasteiger partial charge on any atom is 0.345 e. The molecule has 5 atom stereocenters. The normalized spacial score (nSPS) is 43.2. The molecule has 86 valence electrons. The second-order valence-electron chi connectivity index (χ2n) is 4.53. The van der Waals surface area contributed by atoms with Crippen molar-refractivity contribution in [3.63, 3.8) is 0 Å². The molecule has 3 fully saturated rings. The van der Waals surface area contributed by atoms with Crippen molar-refractivity contribution in [1.82, 2.24) is 0 Å². The summed E-state index contributed by atoms with van der Waals surface area (Å²) in [7, 11) is 0. The van der Waals surface area contributed by atoms with Crippen LogP contribution in [-0.2, 0) is 23.8 Å². The van der Waals surface area contributed by atoms with Crippen LogP contribution in [0.5, 0.6) is 0 Å². The standard InChI is InChI=1S/C11H12O5/c1-5(3-12)11(13)16-9-7-2-6-4-14-10(9)8(6)15-7/h6-10H,2,4H2,1H3. The minimum atomic E-state index is -0.622. The average molecular weight is 224 g/mol. The second-order valence-corrected chi connectivity index (χ2v) is 4.53. The van der Waals surface area contributed by atoms with E-state index in [-0.39, 0.29) is 30.0 Å². The van der Waals surface area contributed by atoms with Crippen molar-refractivity contribution >= 4 is 11.9 Å². The molecule has 3 aliphatic heterocycles. The number of carbonyl (C=O) groups excluding carboxylic acids is 2. The molecule has 0 saturated carbocycles. The van der Waals surface area contributed by atoms with Gasteiger partial charge < -0.3 is 14.2 Å². The Labute approximate surface area is 92.3 Å². The van der Waals surface area contributed by atoms with E-state index in [1.54, 1.807) is 0 Å². The Hall–Kier alpha value is -1.16. The quantitative estimate of drug-likeness (QED) is 0.371. The van der Waals surface area contributed by atoms with E-state index in [0.717, 1.165) is 6.42 Å². The Kier molecular flexibility index (Phi) is 2.14. The predicted molar refractivity (Wildman–Crippen MR) is 51.3 cm³/mol. The molecule has 0 amide bonds. The summed E-state index contributed by atoms with van der Waals surface area (Å²) in [5.74, 6) is 1.37. The van der Waals surface area contributed by atoms with E-state index in [4.69, 9.17) is 14.2 Å². The number of hydrogen-bond acceptors (Lipinski definition) is 5. The summed E-state index contributed by atoms with van der Waals surface area (Å²) in [6, 6.07) is 0. The Morgan fingerprint density at radius 1 is 1.44 bits per heavy atom. The van der Waals surface area contributed by atoms with Crippen molar-refractivity contribution in [2.24, 2.45) is 5.92 Å². The molecule has 3 aliphatic rings. The van der Waals surface area contributed by atoms with Crippen molar-refractivity contribution < 1.29 is 23.8 Å². The topological polar surface area (TPSA) is 61.8 Å². The van der Waals surface area contributed by atoms with Crippen LogP contribution >= 0.6 is 0 Å². The first-order chi connectivity index (χ1) is 7.70. The first-order valence-electron chi connectivity index (χ1n) is 5.40. The van der Waals surface area contributed by atoms with Crippen LogP contribution in [0.15, 0.2) is 5.57 Å². The molecule has 2 bridgehead atoms. The zero-order chi connectivity index (χ0) is 11.3. The van der Waals surface area contributed by atoms with E-state index in [2.05, 4.69) is 0 Å². The number of fused-ring (bicyclic) bond motifs is 1.